The molecule has 0 saturated carbocycles. The average molecular weight is 149 g/mol. The maximum absolute atomic E-state index is 5.37. The van der Waals surface area contributed by atoms with Crippen molar-refractivity contribution in [3.05, 3.63) is 12.2 Å². The normalized spacial score (nSPS) is 10.9. The predicted molar refractivity (Wildman–Crippen MR) is 41.0 cm³/mol. The molecule has 0 aliphatic heterocycles. The zero-order chi connectivity index (χ0) is 6.95. The van der Waals surface area contributed by atoms with Crippen LogP contribution in [0.5, 0.6) is 0 Å². The predicted octanol–water partition coefficient (Wildman–Crippen LogP) is 2.21. The molecular weight excluding hydrogens is 136 g/mol. The van der Waals surface area contributed by atoms with Gasteiger partial charge < -0.3 is 4.74 Å². The van der Waals surface area contributed by atoms with Gasteiger partial charge in [-0.25, -0.2) is 0 Å². The van der Waals surface area contributed by atoms with E-state index in [1.807, 2.05) is 12.2 Å². The second-order valence-corrected chi connectivity index (χ2v) is 2.01. The van der Waals surface area contributed by atoms with E-state index in [9.17, 15) is 0 Å². The van der Waals surface area contributed by atoms with Crippen LogP contribution in [0, 0.1) is 0 Å². The number of rotatable bonds is 5. The van der Waals surface area contributed by atoms with Gasteiger partial charge in [-0.3, -0.25) is 0 Å². The maximum Gasteiger partial charge on any atom is 0.0647 e. The molecule has 9 heavy (non-hydrogen) atoms. The maximum atomic E-state index is 5.37. The molecule has 0 bridgehead atoms. The fourth-order valence-electron chi connectivity index (χ4n) is 0.427. The van der Waals surface area contributed by atoms with E-state index in [1.54, 1.807) is 0 Å². The van der Waals surface area contributed by atoms with Crippen molar-refractivity contribution < 1.29 is 4.74 Å². The summed E-state index contributed by atoms with van der Waals surface area (Å²) < 4.78 is 5.14. The summed E-state index contributed by atoms with van der Waals surface area (Å²) in [5.41, 5.74) is 0. The first-order chi connectivity index (χ1) is 4.41. The first-order valence-electron chi connectivity index (χ1n) is 3.20. The van der Waals surface area contributed by atoms with Crippen LogP contribution in [0.3, 0.4) is 0 Å². The number of allylic oxidation sites excluding steroid dienone is 1. The largest absolute Gasteiger partial charge is 0.377 e. The molecule has 2 heteroatoms. The highest BCUT2D eigenvalue weighted by molar-refractivity contribution is 6.18. The number of alkyl halides is 1. The lowest BCUT2D eigenvalue weighted by Crippen LogP contribution is -1.91. The smallest absolute Gasteiger partial charge is 0.0647 e. The fraction of sp³-hybridized carbons (Fsp3) is 0.714. The summed E-state index contributed by atoms with van der Waals surface area (Å²) in [7, 11) is 0. The van der Waals surface area contributed by atoms with Gasteiger partial charge in [0.1, 0.15) is 0 Å². The Bertz CT molecular complexity index is 71.3. The Morgan fingerprint density at radius 2 is 2.22 bits per heavy atom. The molecule has 0 saturated heterocycles. The number of ether oxygens (including phenoxy) is 1. The molecule has 0 N–H and O–H groups in total. The third-order valence-electron chi connectivity index (χ3n) is 0.818. The highest BCUT2D eigenvalue weighted by atomic mass is 35.5. The Hall–Kier alpha value is -0.0100. The molecule has 0 aliphatic carbocycles. The number of hydrogen-bond donors (Lipinski definition) is 0. The van der Waals surface area contributed by atoms with Crippen LogP contribution in [-0.4, -0.2) is 19.1 Å². The van der Waals surface area contributed by atoms with Gasteiger partial charge in [-0.1, -0.05) is 19.1 Å². The molecule has 1 nitrogen and oxygen atoms in total. The second kappa shape index (κ2) is 7.99. The van der Waals surface area contributed by atoms with Crippen molar-refractivity contribution in [1.29, 1.82) is 0 Å². The van der Waals surface area contributed by atoms with Crippen molar-refractivity contribution in [2.45, 2.75) is 13.3 Å². The summed E-state index contributed by atoms with van der Waals surface area (Å²) in [6.07, 6.45) is 4.90. The van der Waals surface area contributed by atoms with E-state index in [2.05, 4.69) is 6.92 Å². The quantitative estimate of drug-likeness (QED) is 0.330. The molecule has 0 aliphatic rings. The Labute approximate surface area is 61.7 Å². The summed E-state index contributed by atoms with van der Waals surface area (Å²) in [5.74, 6) is 0.579. The lowest BCUT2D eigenvalue weighted by Gasteiger charge is -1.94. The molecule has 0 spiro atoms. The molecule has 0 atom stereocenters. The molecule has 0 aromatic carbocycles. The third-order valence-corrected chi connectivity index (χ3v) is 0.996. The van der Waals surface area contributed by atoms with Gasteiger partial charge in [-0.15, -0.1) is 11.6 Å². The molecule has 0 radical (unpaired) electrons. The van der Waals surface area contributed by atoms with Gasteiger partial charge in [0.05, 0.1) is 6.61 Å². The van der Waals surface area contributed by atoms with E-state index in [1.165, 1.54) is 0 Å². The summed E-state index contributed by atoms with van der Waals surface area (Å²) >= 11 is 5.37. The van der Waals surface area contributed by atoms with Gasteiger partial charge >= 0.3 is 0 Å². The van der Waals surface area contributed by atoms with Gasteiger partial charge in [0.2, 0.25) is 0 Å². The van der Waals surface area contributed by atoms with Crippen molar-refractivity contribution in [3.63, 3.8) is 0 Å². The van der Waals surface area contributed by atoms with Crippen LogP contribution < -0.4 is 0 Å². The first kappa shape index (κ1) is 8.99. The SMILES string of the molecule is CCCOCC=CCCl. The summed E-state index contributed by atoms with van der Waals surface area (Å²) in [6, 6.07) is 0. The van der Waals surface area contributed by atoms with Gasteiger partial charge in [-0.05, 0) is 6.42 Å². The number of halogens is 1. The minimum atomic E-state index is 0.579. The molecule has 0 fully saturated rings. The highest BCUT2D eigenvalue weighted by Crippen LogP contribution is 1.82. The highest BCUT2D eigenvalue weighted by Gasteiger charge is 1.77. The average Bonchev–Trinajstić information content (AvgIpc) is 1.89. The van der Waals surface area contributed by atoms with E-state index in [-0.39, 0.29) is 0 Å². The summed E-state index contributed by atoms with van der Waals surface area (Å²) in [5, 5.41) is 0. The zero-order valence-electron chi connectivity index (χ0n) is 5.77. The lowest BCUT2D eigenvalue weighted by molar-refractivity contribution is 0.163. The van der Waals surface area contributed by atoms with Crippen LogP contribution >= 0.6 is 11.6 Å². The van der Waals surface area contributed by atoms with E-state index in [0.717, 1.165) is 13.0 Å². The molecule has 0 rings (SSSR count). The number of hydrogen-bond acceptors (Lipinski definition) is 1. The molecule has 54 valence electrons. The lowest BCUT2D eigenvalue weighted by atomic mass is 10.5. The van der Waals surface area contributed by atoms with Crippen LogP contribution in [0.25, 0.3) is 0 Å². The molecular formula is C7H13ClO. The molecule has 0 unspecified atom stereocenters. The van der Waals surface area contributed by atoms with E-state index < -0.39 is 0 Å². The standard InChI is InChI=1S/C7H13ClO/c1-2-6-9-7-4-3-5-8/h3-4H,2,5-7H2,1H3. The summed E-state index contributed by atoms with van der Waals surface area (Å²) in [4.78, 5) is 0. The minimum Gasteiger partial charge on any atom is -0.377 e. The molecule has 0 aromatic heterocycles. The van der Waals surface area contributed by atoms with Crippen LogP contribution in [-0.2, 0) is 4.74 Å². The molecule has 0 aromatic rings. The Morgan fingerprint density at radius 3 is 2.78 bits per heavy atom. The zero-order valence-corrected chi connectivity index (χ0v) is 6.53. The van der Waals surface area contributed by atoms with Crippen molar-refractivity contribution in [2.24, 2.45) is 0 Å². The Kier molecular flexibility index (Phi) is 7.98. The van der Waals surface area contributed by atoms with Gasteiger partial charge in [0.25, 0.3) is 0 Å². The fourth-order valence-corrected chi connectivity index (χ4v) is 0.553. The minimum absolute atomic E-state index is 0.579. The van der Waals surface area contributed by atoms with Crippen molar-refractivity contribution >= 4 is 11.6 Å². The molecule has 0 heterocycles. The van der Waals surface area contributed by atoms with E-state index >= 15 is 0 Å². The Balaban J connectivity index is 2.82. The van der Waals surface area contributed by atoms with Gasteiger partial charge in [0.15, 0.2) is 0 Å². The molecule has 0 amide bonds. The van der Waals surface area contributed by atoms with Crippen LogP contribution in [0.2, 0.25) is 0 Å². The van der Waals surface area contributed by atoms with Crippen LogP contribution in [0.15, 0.2) is 12.2 Å². The van der Waals surface area contributed by atoms with E-state index in [4.69, 9.17) is 16.3 Å². The van der Waals surface area contributed by atoms with Gasteiger partial charge in [-0.2, -0.15) is 0 Å². The van der Waals surface area contributed by atoms with Crippen LogP contribution in [0.1, 0.15) is 13.3 Å². The van der Waals surface area contributed by atoms with Crippen LogP contribution in [0.4, 0.5) is 0 Å². The summed E-state index contributed by atoms with van der Waals surface area (Å²) in [6.45, 7) is 3.62. The topological polar surface area (TPSA) is 9.23 Å². The van der Waals surface area contributed by atoms with Crippen molar-refractivity contribution in [3.8, 4) is 0 Å². The monoisotopic (exact) mass is 148 g/mol. The second-order valence-electron chi connectivity index (χ2n) is 1.70. The first-order valence-corrected chi connectivity index (χ1v) is 3.74. The van der Waals surface area contributed by atoms with E-state index in [0.29, 0.717) is 12.5 Å². The van der Waals surface area contributed by atoms with Crippen molar-refractivity contribution in [2.75, 3.05) is 19.1 Å². The van der Waals surface area contributed by atoms with Crippen molar-refractivity contribution in [1.82, 2.24) is 0 Å². The Morgan fingerprint density at radius 1 is 1.44 bits per heavy atom. The van der Waals surface area contributed by atoms with Gasteiger partial charge in [0, 0.05) is 12.5 Å². The third kappa shape index (κ3) is 7.99.